The summed E-state index contributed by atoms with van der Waals surface area (Å²) in [6, 6.07) is 0. The fraction of sp³-hybridized carbons (Fsp3) is 1.00. The van der Waals surface area contributed by atoms with E-state index in [0.29, 0.717) is 6.16 Å². The number of hydrogen-bond acceptors (Lipinski definition) is 5. The first kappa shape index (κ1) is 14.5. The molecule has 0 bridgehead atoms. The number of hydrogen-bond donors (Lipinski definition) is 2. The van der Waals surface area contributed by atoms with Crippen LogP contribution in [0.1, 0.15) is 32.6 Å². The molecule has 2 aliphatic heterocycles. The van der Waals surface area contributed by atoms with E-state index < -0.39 is 7.60 Å². The van der Waals surface area contributed by atoms with Crippen LogP contribution in [0.15, 0.2) is 0 Å². The zero-order chi connectivity index (χ0) is 12.8. The highest BCUT2D eigenvalue weighted by Crippen LogP contribution is 2.51. The van der Waals surface area contributed by atoms with Gasteiger partial charge in [-0.25, -0.2) is 0 Å². The minimum absolute atomic E-state index is 0.0961. The molecule has 2 rings (SSSR count). The molecule has 0 unspecified atom stereocenters. The molecule has 0 saturated carbocycles. The summed E-state index contributed by atoms with van der Waals surface area (Å²) in [5.74, 6) is 0. The van der Waals surface area contributed by atoms with E-state index >= 15 is 0 Å². The minimum atomic E-state index is -2.89. The highest BCUT2D eigenvalue weighted by molar-refractivity contribution is 7.53. The lowest BCUT2D eigenvalue weighted by Gasteiger charge is -2.31. The number of nitrogens with one attached hydrogen (secondary N) is 2. The average Bonchev–Trinajstić information content (AvgIpc) is 2.41. The Balaban J connectivity index is 1.85. The summed E-state index contributed by atoms with van der Waals surface area (Å²) in [6.45, 7) is 5.68. The van der Waals surface area contributed by atoms with Gasteiger partial charge in [0, 0.05) is 6.16 Å². The van der Waals surface area contributed by atoms with Crippen molar-refractivity contribution in [1.29, 1.82) is 0 Å². The molecule has 106 valence electrons. The van der Waals surface area contributed by atoms with Crippen molar-refractivity contribution in [3.05, 3.63) is 0 Å². The molecule has 0 aromatic carbocycles. The van der Waals surface area contributed by atoms with Crippen LogP contribution in [0.5, 0.6) is 0 Å². The maximum atomic E-state index is 12.6. The summed E-state index contributed by atoms with van der Waals surface area (Å²) in [7, 11) is -2.89. The van der Waals surface area contributed by atoms with Gasteiger partial charge in [0.15, 0.2) is 0 Å². The molecule has 0 spiro atoms. The van der Waals surface area contributed by atoms with Crippen LogP contribution in [0.4, 0.5) is 0 Å². The highest BCUT2D eigenvalue weighted by Gasteiger charge is 2.31. The first-order valence-corrected chi connectivity index (χ1v) is 8.82. The van der Waals surface area contributed by atoms with Crippen LogP contribution in [-0.2, 0) is 13.6 Å². The summed E-state index contributed by atoms with van der Waals surface area (Å²) in [5, 5.41) is 6.56. The third-order valence-electron chi connectivity index (χ3n) is 3.58. The van der Waals surface area contributed by atoms with Crippen LogP contribution in [0.25, 0.3) is 0 Å². The van der Waals surface area contributed by atoms with Crippen LogP contribution < -0.4 is 10.6 Å². The van der Waals surface area contributed by atoms with E-state index in [1.54, 1.807) is 0 Å². The summed E-state index contributed by atoms with van der Waals surface area (Å²) < 4.78 is 24.2. The molecule has 0 atom stereocenters. The molecule has 0 amide bonds. The Kier molecular flexibility index (Phi) is 5.64. The van der Waals surface area contributed by atoms with Gasteiger partial charge < -0.3 is 19.7 Å². The average molecular weight is 276 g/mol. The van der Waals surface area contributed by atoms with Crippen molar-refractivity contribution in [3.8, 4) is 0 Å². The van der Waals surface area contributed by atoms with E-state index in [0.717, 1.165) is 51.9 Å². The van der Waals surface area contributed by atoms with Crippen molar-refractivity contribution in [2.24, 2.45) is 0 Å². The molecule has 2 heterocycles. The third kappa shape index (κ3) is 4.32. The lowest BCUT2D eigenvalue weighted by molar-refractivity contribution is 0.0853. The van der Waals surface area contributed by atoms with Gasteiger partial charge >= 0.3 is 7.60 Å². The summed E-state index contributed by atoms with van der Waals surface area (Å²) in [5.41, 5.74) is 0. The topological polar surface area (TPSA) is 59.6 Å². The molecule has 6 heteroatoms. The zero-order valence-electron chi connectivity index (χ0n) is 11.2. The first-order chi connectivity index (χ1) is 8.72. The molecule has 18 heavy (non-hydrogen) atoms. The van der Waals surface area contributed by atoms with Crippen molar-refractivity contribution in [3.63, 3.8) is 0 Å². The maximum absolute atomic E-state index is 12.6. The Morgan fingerprint density at radius 1 is 0.944 bits per heavy atom. The van der Waals surface area contributed by atoms with Gasteiger partial charge in [0.1, 0.15) is 0 Å². The Bertz CT molecular complexity index is 265. The fourth-order valence-electron chi connectivity index (χ4n) is 2.43. The summed E-state index contributed by atoms with van der Waals surface area (Å²) in [6.07, 6.45) is 4.39. The van der Waals surface area contributed by atoms with Gasteiger partial charge in [-0.2, -0.15) is 0 Å². The van der Waals surface area contributed by atoms with Crippen molar-refractivity contribution in [2.75, 3.05) is 32.3 Å². The van der Waals surface area contributed by atoms with E-state index in [1.165, 1.54) is 0 Å². The Morgan fingerprint density at radius 3 is 1.67 bits per heavy atom. The molecular weight excluding hydrogens is 251 g/mol. The van der Waals surface area contributed by atoms with Crippen molar-refractivity contribution in [2.45, 2.75) is 44.8 Å². The molecule has 0 aromatic heterocycles. The first-order valence-electron chi connectivity index (χ1n) is 7.09. The van der Waals surface area contributed by atoms with Crippen molar-refractivity contribution in [1.82, 2.24) is 10.6 Å². The molecular formula is C12H25N2O3P. The van der Waals surface area contributed by atoms with E-state index in [4.69, 9.17) is 9.05 Å². The second-order valence-corrected chi connectivity index (χ2v) is 7.31. The second-order valence-electron chi connectivity index (χ2n) is 5.04. The SMILES string of the molecule is CCP(=O)(OC1CCNCC1)OC1CCNCC1. The molecule has 2 aliphatic rings. The number of rotatable bonds is 5. The van der Waals surface area contributed by atoms with Gasteiger partial charge in [-0.15, -0.1) is 0 Å². The van der Waals surface area contributed by atoms with Gasteiger partial charge in [-0.1, -0.05) is 6.92 Å². The van der Waals surface area contributed by atoms with Crippen molar-refractivity contribution >= 4 is 7.60 Å². The molecule has 0 radical (unpaired) electrons. The van der Waals surface area contributed by atoms with Crippen molar-refractivity contribution < 1.29 is 13.6 Å². The third-order valence-corrected chi connectivity index (χ3v) is 5.59. The smallest absolute Gasteiger partial charge is 0.317 e. The van der Waals surface area contributed by atoms with Crippen LogP contribution in [0.2, 0.25) is 0 Å². The van der Waals surface area contributed by atoms with Gasteiger partial charge in [0.2, 0.25) is 0 Å². The molecule has 2 N–H and O–H groups in total. The van der Waals surface area contributed by atoms with Crippen LogP contribution in [-0.4, -0.2) is 44.5 Å². The molecule has 2 fully saturated rings. The maximum Gasteiger partial charge on any atom is 0.330 e. The standard InChI is InChI=1S/C12H25N2O3P/c1-2-18(15,16-11-3-7-13-8-4-11)17-12-5-9-14-10-6-12/h11-14H,2-10H2,1H3. The lowest BCUT2D eigenvalue weighted by atomic mass is 10.1. The molecule has 0 aliphatic carbocycles. The van der Waals surface area contributed by atoms with Gasteiger partial charge in [0.25, 0.3) is 0 Å². The minimum Gasteiger partial charge on any atom is -0.317 e. The fourth-order valence-corrected chi connectivity index (χ4v) is 4.11. The quantitative estimate of drug-likeness (QED) is 0.749. The monoisotopic (exact) mass is 276 g/mol. The largest absolute Gasteiger partial charge is 0.330 e. The Labute approximate surface area is 110 Å². The molecule has 0 aromatic rings. The second kappa shape index (κ2) is 7.01. The molecule has 2 saturated heterocycles. The van der Waals surface area contributed by atoms with Crippen LogP contribution in [0.3, 0.4) is 0 Å². The van der Waals surface area contributed by atoms with Gasteiger partial charge in [-0.3, -0.25) is 4.57 Å². The Hall–Kier alpha value is 0.0700. The summed E-state index contributed by atoms with van der Waals surface area (Å²) in [4.78, 5) is 0. The predicted octanol–water partition coefficient (Wildman–Crippen LogP) is 1.74. The van der Waals surface area contributed by atoms with Crippen LogP contribution in [0, 0.1) is 0 Å². The summed E-state index contributed by atoms with van der Waals surface area (Å²) >= 11 is 0. The zero-order valence-corrected chi connectivity index (χ0v) is 12.1. The van der Waals surface area contributed by atoms with Gasteiger partial charge in [-0.05, 0) is 51.9 Å². The lowest BCUT2D eigenvalue weighted by Crippen LogP contribution is -2.34. The van der Waals surface area contributed by atoms with Gasteiger partial charge in [0.05, 0.1) is 12.2 Å². The highest BCUT2D eigenvalue weighted by atomic mass is 31.2. The van der Waals surface area contributed by atoms with E-state index in [1.807, 2.05) is 6.92 Å². The van der Waals surface area contributed by atoms with E-state index in [2.05, 4.69) is 10.6 Å². The Morgan fingerprint density at radius 2 is 1.33 bits per heavy atom. The predicted molar refractivity (Wildman–Crippen MR) is 72.1 cm³/mol. The van der Waals surface area contributed by atoms with E-state index in [9.17, 15) is 4.57 Å². The number of piperidine rings is 2. The van der Waals surface area contributed by atoms with Crippen LogP contribution >= 0.6 is 7.60 Å². The normalized spacial score (nSPS) is 24.3. The van der Waals surface area contributed by atoms with E-state index in [-0.39, 0.29) is 12.2 Å². The molecule has 5 nitrogen and oxygen atoms in total.